The number of anilines is 1. The number of ether oxygens (including phenoxy) is 1. The third-order valence-corrected chi connectivity index (χ3v) is 5.08. The molecule has 0 aliphatic rings. The van der Waals surface area contributed by atoms with Crippen LogP contribution < -0.4 is 10.1 Å². The maximum Gasteiger partial charge on any atom is 0.304 e. The van der Waals surface area contributed by atoms with Gasteiger partial charge in [0.25, 0.3) is 0 Å². The van der Waals surface area contributed by atoms with Crippen LogP contribution in [-0.4, -0.2) is 39.2 Å². The number of H-pyrrole nitrogens is 1. The lowest BCUT2D eigenvalue weighted by atomic mass is 9.88. The number of aromatic nitrogens is 3. The van der Waals surface area contributed by atoms with Crippen LogP contribution in [0.4, 0.5) is 5.95 Å². The van der Waals surface area contributed by atoms with Gasteiger partial charge in [-0.05, 0) is 35.7 Å². The van der Waals surface area contributed by atoms with Gasteiger partial charge in [0.2, 0.25) is 5.95 Å². The van der Waals surface area contributed by atoms with Gasteiger partial charge in [-0.2, -0.15) is 0 Å². The van der Waals surface area contributed by atoms with Gasteiger partial charge in [0.05, 0.1) is 13.0 Å². The van der Waals surface area contributed by atoms with Crippen molar-refractivity contribution in [2.75, 3.05) is 18.5 Å². The molecule has 7 nitrogen and oxygen atoms in total. The van der Waals surface area contributed by atoms with Gasteiger partial charge in [-0.15, -0.1) is 0 Å². The van der Waals surface area contributed by atoms with Gasteiger partial charge in [-0.1, -0.05) is 30.3 Å². The molecule has 0 fully saturated rings. The van der Waals surface area contributed by atoms with Crippen LogP contribution in [0.25, 0.3) is 10.9 Å². The van der Waals surface area contributed by atoms with Crippen LogP contribution in [0.1, 0.15) is 29.9 Å². The summed E-state index contributed by atoms with van der Waals surface area (Å²) in [6.45, 7) is 1.28. The number of aromatic amines is 1. The van der Waals surface area contributed by atoms with Crippen LogP contribution >= 0.6 is 0 Å². The van der Waals surface area contributed by atoms with E-state index in [4.69, 9.17) is 4.74 Å². The third kappa shape index (κ3) is 5.19. The van der Waals surface area contributed by atoms with Gasteiger partial charge < -0.3 is 20.1 Å². The van der Waals surface area contributed by atoms with Crippen molar-refractivity contribution in [1.82, 2.24) is 15.0 Å². The molecule has 4 aromatic rings. The molecule has 0 saturated carbocycles. The zero-order chi connectivity index (χ0) is 21.5. The van der Waals surface area contributed by atoms with E-state index in [1.165, 1.54) is 0 Å². The molecule has 1 atom stereocenters. The van der Waals surface area contributed by atoms with E-state index in [-0.39, 0.29) is 12.3 Å². The van der Waals surface area contributed by atoms with E-state index in [0.717, 1.165) is 34.2 Å². The number of fused-ring (bicyclic) bond motifs is 1. The minimum absolute atomic E-state index is 0.0351. The lowest BCUT2D eigenvalue weighted by Crippen LogP contribution is -2.09. The first-order valence-electron chi connectivity index (χ1n) is 10.2. The molecular weight excluding hydrogens is 392 g/mol. The predicted molar refractivity (Wildman–Crippen MR) is 119 cm³/mol. The summed E-state index contributed by atoms with van der Waals surface area (Å²) >= 11 is 0. The van der Waals surface area contributed by atoms with Crippen molar-refractivity contribution >= 4 is 22.8 Å². The molecule has 31 heavy (non-hydrogen) atoms. The Hall–Kier alpha value is -3.87. The number of nitrogens with zero attached hydrogens (tertiary/aromatic N) is 2. The first-order valence-corrected chi connectivity index (χ1v) is 10.2. The van der Waals surface area contributed by atoms with Crippen LogP contribution in [0.3, 0.4) is 0 Å². The molecule has 0 aliphatic heterocycles. The summed E-state index contributed by atoms with van der Waals surface area (Å²) < 4.78 is 5.88. The molecule has 0 radical (unpaired) electrons. The fourth-order valence-corrected chi connectivity index (χ4v) is 3.63. The molecule has 3 N–H and O–H groups in total. The number of benzene rings is 2. The van der Waals surface area contributed by atoms with Gasteiger partial charge in [-0.3, -0.25) is 4.79 Å². The topological polar surface area (TPSA) is 100 Å². The Kier molecular flexibility index (Phi) is 6.42. The van der Waals surface area contributed by atoms with E-state index in [1.54, 1.807) is 18.5 Å². The van der Waals surface area contributed by atoms with Gasteiger partial charge in [0.1, 0.15) is 5.75 Å². The minimum atomic E-state index is -0.822. The quantitative estimate of drug-likeness (QED) is 0.330. The lowest BCUT2D eigenvalue weighted by Gasteiger charge is -2.15. The van der Waals surface area contributed by atoms with Gasteiger partial charge in [0.15, 0.2) is 0 Å². The van der Waals surface area contributed by atoms with E-state index in [1.807, 2.05) is 54.7 Å². The van der Waals surface area contributed by atoms with Gasteiger partial charge in [0, 0.05) is 48.0 Å². The lowest BCUT2D eigenvalue weighted by molar-refractivity contribution is -0.137. The first kappa shape index (κ1) is 20.4. The molecule has 158 valence electrons. The Morgan fingerprint density at radius 1 is 1.10 bits per heavy atom. The van der Waals surface area contributed by atoms with Gasteiger partial charge in [-0.25, -0.2) is 9.97 Å². The van der Waals surface area contributed by atoms with Crippen molar-refractivity contribution in [1.29, 1.82) is 0 Å². The number of nitrogens with one attached hydrogen (secondary N) is 2. The molecule has 0 amide bonds. The molecule has 0 aliphatic carbocycles. The largest absolute Gasteiger partial charge is 0.493 e. The highest BCUT2D eigenvalue weighted by atomic mass is 16.5. The number of hydrogen-bond acceptors (Lipinski definition) is 5. The maximum atomic E-state index is 11.5. The van der Waals surface area contributed by atoms with Crippen LogP contribution in [-0.2, 0) is 4.79 Å². The van der Waals surface area contributed by atoms with Crippen LogP contribution in [0, 0.1) is 0 Å². The summed E-state index contributed by atoms with van der Waals surface area (Å²) in [6.07, 6.45) is 6.14. The van der Waals surface area contributed by atoms with E-state index in [0.29, 0.717) is 19.1 Å². The molecule has 2 heterocycles. The second-order valence-electron chi connectivity index (χ2n) is 7.21. The highest BCUT2D eigenvalue weighted by molar-refractivity contribution is 5.86. The van der Waals surface area contributed by atoms with Crippen molar-refractivity contribution in [3.63, 3.8) is 0 Å². The average Bonchev–Trinajstić information content (AvgIpc) is 3.21. The molecule has 0 bridgehead atoms. The summed E-state index contributed by atoms with van der Waals surface area (Å²) in [4.78, 5) is 23.0. The standard InChI is InChI=1S/C24H24N4O3/c29-23(30)15-20(17-6-2-1-3-7-17)21-16-28-22-14-18(8-9-19(21)22)31-13-5-12-27-24-25-10-4-11-26-24/h1-4,6-11,14,16,20,28H,5,12-13,15H2,(H,29,30)(H,25,26,27). The molecule has 0 saturated heterocycles. The zero-order valence-electron chi connectivity index (χ0n) is 17.0. The fourth-order valence-electron chi connectivity index (χ4n) is 3.63. The van der Waals surface area contributed by atoms with E-state index >= 15 is 0 Å². The molecular formula is C24H24N4O3. The normalized spacial score (nSPS) is 11.9. The second-order valence-corrected chi connectivity index (χ2v) is 7.21. The van der Waals surface area contributed by atoms with Gasteiger partial charge >= 0.3 is 5.97 Å². The summed E-state index contributed by atoms with van der Waals surface area (Å²) in [6, 6.07) is 17.4. The number of rotatable bonds is 10. The Balaban J connectivity index is 1.41. The fraction of sp³-hybridized carbons (Fsp3) is 0.208. The molecule has 7 heteroatoms. The average molecular weight is 416 g/mol. The van der Waals surface area contributed by atoms with Crippen LogP contribution in [0.5, 0.6) is 5.75 Å². The molecule has 4 rings (SSSR count). The zero-order valence-corrected chi connectivity index (χ0v) is 17.0. The first-order chi connectivity index (χ1) is 15.2. The second kappa shape index (κ2) is 9.75. The predicted octanol–water partition coefficient (Wildman–Crippen LogP) is 4.45. The summed E-state index contributed by atoms with van der Waals surface area (Å²) in [5, 5.41) is 13.6. The van der Waals surface area contributed by atoms with E-state index in [2.05, 4.69) is 20.3 Å². The molecule has 0 spiro atoms. The Morgan fingerprint density at radius 2 is 1.90 bits per heavy atom. The van der Waals surface area contributed by atoms with E-state index in [9.17, 15) is 9.90 Å². The Morgan fingerprint density at radius 3 is 2.68 bits per heavy atom. The third-order valence-electron chi connectivity index (χ3n) is 5.08. The van der Waals surface area contributed by atoms with Crippen molar-refractivity contribution in [3.8, 4) is 5.75 Å². The van der Waals surface area contributed by atoms with Crippen LogP contribution in [0.15, 0.2) is 73.2 Å². The minimum Gasteiger partial charge on any atom is -0.493 e. The SMILES string of the molecule is O=C(O)CC(c1ccccc1)c1c[nH]c2cc(OCCCNc3ncccn3)ccc12. The number of carbonyl (C=O) groups is 1. The highest BCUT2D eigenvalue weighted by Gasteiger charge is 2.21. The number of hydrogen-bond donors (Lipinski definition) is 3. The smallest absolute Gasteiger partial charge is 0.304 e. The molecule has 1 unspecified atom stereocenters. The van der Waals surface area contributed by atoms with E-state index < -0.39 is 5.97 Å². The van der Waals surface area contributed by atoms with Crippen molar-refractivity contribution in [2.45, 2.75) is 18.8 Å². The van der Waals surface area contributed by atoms with Crippen LogP contribution in [0.2, 0.25) is 0 Å². The van der Waals surface area contributed by atoms with Crippen molar-refractivity contribution in [3.05, 3.63) is 84.3 Å². The number of aliphatic carboxylic acids is 1. The summed E-state index contributed by atoms with van der Waals surface area (Å²) in [5.41, 5.74) is 2.89. The highest BCUT2D eigenvalue weighted by Crippen LogP contribution is 2.34. The Bertz CT molecular complexity index is 1130. The molecule has 2 aromatic carbocycles. The van der Waals surface area contributed by atoms with Crippen molar-refractivity contribution in [2.24, 2.45) is 0 Å². The monoisotopic (exact) mass is 416 g/mol. The molecule has 2 aromatic heterocycles. The number of carboxylic acid groups (broad SMARTS) is 1. The summed E-state index contributed by atoms with van der Waals surface area (Å²) in [5.74, 6) is 0.340. The maximum absolute atomic E-state index is 11.5. The number of carboxylic acids is 1. The Labute approximate surface area is 180 Å². The summed E-state index contributed by atoms with van der Waals surface area (Å²) in [7, 11) is 0. The van der Waals surface area contributed by atoms with Crippen molar-refractivity contribution < 1.29 is 14.6 Å².